The van der Waals surface area contributed by atoms with E-state index >= 15 is 0 Å². The van der Waals surface area contributed by atoms with Crippen LogP contribution in [0, 0.1) is 6.92 Å². The van der Waals surface area contributed by atoms with Crippen LogP contribution in [-0.4, -0.2) is 12.5 Å². The van der Waals surface area contributed by atoms with Crippen molar-refractivity contribution in [1.82, 2.24) is 0 Å². The zero-order valence-corrected chi connectivity index (χ0v) is 27.4. The lowest BCUT2D eigenvalue weighted by Gasteiger charge is -2.10. The van der Waals surface area contributed by atoms with Gasteiger partial charge in [0.15, 0.2) is 12.7 Å². The summed E-state index contributed by atoms with van der Waals surface area (Å²) in [7, 11) is 0. The number of benzene rings is 2. The van der Waals surface area contributed by atoms with E-state index in [1.807, 2.05) is 36.4 Å². The first kappa shape index (κ1) is 34.3. The third kappa shape index (κ3) is 13.2. The van der Waals surface area contributed by atoms with Crippen LogP contribution in [0.5, 0.6) is 5.75 Å². The largest absolute Gasteiger partial charge is 1.00 e. The average molecular weight is 650 g/mol. The summed E-state index contributed by atoms with van der Waals surface area (Å²) in [5.74, 6) is 0.630. The van der Waals surface area contributed by atoms with E-state index in [1.54, 1.807) is 11.3 Å². The second-order valence-corrected chi connectivity index (χ2v) is 12.0. The quantitative estimate of drug-likeness (QED) is 0.122. The number of ether oxygens (including phenoxy) is 1. The molecule has 0 aliphatic heterocycles. The van der Waals surface area contributed by atoms with Crippen molar-refractivity contribution in [3.05, 3.63) is 75.2 Å². The summed E-state index contributed by atoms with van der Waals surface area (Å²) in [5.41, 5.74) is 2.83. The summed E-state index contributed by atoms with van der Waals surface area (Å²) in [6.45, 7) is 5.84. The van der Waals surface area contributed by atoms with Gasteiger partial charge in [0.05, 0.1) is 23.4 Å². The molecule has 220 valence electrons. The minimum Gasteiger partial charge on any atom is -1.00 e. The lowest BCUT2D eigenvalue weighted by Crippen LogP contribution is -3.00. The van der Waals surface area contributed by atoms with Crippen molar-refractivity contribution in [1.29, 1.82) is 0 Å². The molecular formula is C33H46BrClN2O2S. The third-order valence-electron chi connectivity index (χ3n) is 7.06. The fourth-order valence-electron chi connectivity index (χ4n) is 4.77. The molecule has 0 atom stereocenters. The van der Waals surface area contributed by atoms with Gasteiger partial charge in [-0.25, -0.2) is 0 Å². The molecule has 0 radical (unpaired) electrons. The predicted molar refractivity (Wildman–Crippen MR) is 165 cm³/mol. The van der Waals surface area contributed by atoms with Gasteiger partial charge in [-0.15, -0.1) is 0 Å². The van der Waals surface area contributed by atoms with Gasteiger partial charge in [-0.05, 0) is 36.2 Å². The molecule has 0 saturated carbocycles. The molecule has 0 unspecified atom stereocenters. The summed E-state index contributed by atoms with van der Waals surface area (Å²) in [6.07, 6.45) is 18.2. The zero-order chi connectivity index (χ0) is 27.7. The van der Waals surface area contributed by atoms with Crippen LogP contribution in [0.25, 0.3) is 0 Å². The second-order valence-electron chi connectivity index (χ2n) is 10.5. The van der Waals surface area contributed by atoms with Gasteiger partial charge in [-0.1, -0.05) is 119 Å². The maximum absolute atomic E-state index is 12.7. The van der Waals surface area contributed by atoms with E-state index in [1.165, 1.54) is 75.6 Å². The van der Waals surface area contributed by atoms with Crippen LogP contribution in [0.15, 0.2) is 54.0 Å². The normalized spacial score (nSPS) is 10.8. The Morgan fingerprint density at radius 1 is 0.900 bits per heavy atom. The van der Waals surface area contributed by atoms with Crippen molar-refractivity contribution >= 4 is 34.5 Å². The van der Waals surface area contributed by atoms with Crippen LogP contribution in [0.4, 0.5) is 5.69 Å². The number of carbonyl (C=O) groups excluding carboxylic acids is 1. The van der Waals surface area contributed by atoms with Crippen molar-refractivity contribution in [2.24, 2.45) is 0 Å². The maximum Gasteiger partial charge on any atom is 0.234 e. The minimum atomic E-state index is -0.0623. The number of thiazole rings is 1. The van der Waals surface area contributed by atoms with E-state index in [-0.39, 0.29) is 29.3 Å². The van der Waals surface area contributed by atoms with Crippen LogP contribution in [0.3, 0.4) is 0 Å². The molecule has 0 fully saturated rings. The molecule has 0 bridgehead atoms. The standard InChI is InChI=1S/C33H45ClN2O2S.BrH/c1-3-4-5-6-7-8-9-10-11-12-13-14-21-38-32-19-18-28(24-31(32)34)25-33(37)35-30-17-15-16-29(23-30)26-36-20-22-39-27(36)2;/h15-20,22-24H,3-14,21,25-26H2,1-2H3;1H. The summed E-state index contributed by atoms with van der Waals surface area (Å²) in [4.78, 5) is 12.7. The molecule has 1 amide bonds. The second kappa shape index (κ2) is 20.1. The van der Waals surface area contributed by atoms with Crippen LogP contribution in [-0.2, 0) is 17.8 Å². The number of nitrogens with zero attached hydrogens (tertiary/aromatic N) is 1. The molecule has 1 aromatic heterocycles. The fraction of sp³-hybridized carbons (Fsp3) is 0.515. The molecule has 0 aliphatic carbocycles. The Bertz CT molecular complexity index is 1140. The number of carbonyl (C=O) groups is 1. The highest BCUT2D eigenvalue weighted by atomic mass is 79.9. The summed E-state index contributed by atoms with van der Waals surface area (Å²) >= 11 is 8.19. The smallest absolute Gasteiger partial charge is 0.234 e. The molecule has 3 rings (SSSR count). The molecule has 1 N–H and O–H groups in total. The Morgan fingerprint density at radius 3 is 2.20 bits per heavy atom. The predicted octanol–water partition coefficient (Wildman–Crippen LogP) is 6.31. The minimum absolute atomic E-state index is 0. The highest BCUT2D eigenvalue weighted by molar-refractivity contribution is 7.09. The molecule has 0 aliphatic rings. The van der Waals surface area contributed by atoms with Crippen LogP contribution in [0.2, 0.25) is 5.02 Å². The Kier molecular flexibility index (Phi) is 17.2. The molecule has 0 spiro atoms. The third-order valence-corrected chi connectivity index (χ3v) is 8.19. The molecule has 2 aromatic carbocycles. The van der Waals surface area contributed by atoms with Crippen LogP contribution < -0.4 is 31.6 Å². The van der Waals surface area contributed by atoms with Gasteiger partial charge in [0.2, 0.25) is 10.9 Å². The number of nitrogens with one attached hydrogen (secondary N) is 1. The van der Waals surface area contributed by atoms with Crippen molar-refractivity contribution in [3.8, 4) is 5.75 Å². The highest BCUT2D eigenvalue weighted by Gasteiger charge is 2.11. The highest BCUT2D eigenvalue weighted by Crippen LogP contribution is 2.26. The number of anilines is 1. The molecule has 7 heteroatoms. The van der Waals surface area contributed by atoms with E-state index in [0.29, 0.717) is 17.4 Å². The molecule has 3 aromatic rings. The van der Waals surface area contributed by atoms with Crippen molar-refractivity contribution in [2.75, 3.05) is 11.9 Å². The summed E-state index contributed by atoms with van der Waals surface area (Å²) in [6, 6.07) is 13.7. The SMILES string of the molecule is CCCCCCCCCCCCCCOc1ccc(CC(=O)Nc2cccc(C[n+]3ccsc3C)c2)cc1Cl.[Br-]. The Balaban J connectivity index is 0.00000560. The number of halogens is 2. The van der Waals surface area contributed by atoms with Crippen LogP contribution in [0.1, 0.15) is 100 Å². The molecule has 0 saturated heterocycles. The van der Waals surface area contributed by atoms with Gasteiger partial charge < -0.3 is 27.0 Å². The Hall–Kier alpha value is -1.89. The van der Waals surface area contributed by atoms with Gasteiger partial charge in [0.1, 0.15) is 5.75 Å². The van der Waals surface area contributed by atoms with E-state index in [9.17, 15) is 4.79 Å². The zero-order valence-electron chi connectivity index (χ0n) is 24.2. The number of amides is 1. The fourth-order valence-corrected chi connectivity index (χ4v) is 5.69. The first-order valence-corrected chi connectivity index (χ1v) is 16.0. The number of hydrogen-bond donors (Lipinski definition) is 1. The Morgan fingerprint density at radius 2 is 1.57 bits per heavy atom. The molecule has 1 heterocycles. The van der Waals surface area contributed by atoms with Gasteiger partial charge in [-0.2, -0.15) is 4.57 Å². The van der Waals surface area contributed by atoms with Gasteiger partial charge in [0, 0.05) is 18.2 Å². The van der Waals surface area contributed by atoms with Crippen molar-refractivity contribution in [2.45, 2.75) is 104 Å². The van der Waals surface area contributed by atoms with Gasteiger partial charge >= 0.3 is 0 Å². The van der Waals surface area contributed by atoms with Gasteiger partial charge in [-0.3, -0.25) is 4.79 Å². The van der Waals surface area contributed by atoms with Crippen molar-refractivity contribution in [3.63, 3.8) is 0 Å². The summed E-state index contributed by atoms with van der Waals surface area (Å²) < 4.78 is 8.12. The summed E-state index contributed by atoms with van der Waals surface area (Å²) in [5, 5.41) is 6.92. The monoisotopic (exact) mass is 648 g/mol. The lowest BCUT2D eigenvalue weighted by atomic mass is 10.1. The van der Waals surface area contributed by atoms with Crippen molar-refractivity contribution < 1.29 is 31.1 Å². The van der Waals surface area contributed by atoms with Crippen LogP contribution >= 0.6 is 22.9 Å². The topological polar surface area (TPSA) is 42.2 Å². The van der Waals surface area contributed by atoms with E-state index in [4.69, 9.17) is 16.3 Å². The Labute approximate surface area is 261 Å². The number of hydrogen-bond acceptors (Lipinski definition) is 3. The first-order chi connectivity index (χ1) is 19.0. The maximum atomic E-state index is 12.7. The van der Waals surface area contributed by atoms with Gasteiger partial charge in [0.25, 0.3) is 0 Å². The molecule has 4 nitrogen and oxygen atoms in total. The molecular weight excluding hydrogens is 604 g/mol. The average Bonchev–Trinajstić information content (AvgIpc) is 3.32. The van der Waals surface area contributed by atoms with E-state index in [2.05, 4.69) is 41.4 Å². The lowest BCUT2D eigenvalue weighted by molar-refractivity contribution is -0.689. The number of unbranched alkanes of at least 4 members (excludes halogenated alkanes) is 11. The number of aryl methyl sites for hydroxylation is 1. The number of rotatable bonds is 19. The first-order valence-electron chi connectivity index (χ1n) is 14.8. The van der Waals surface area contributed by atoms with E-state index < -0.39 is 0 Å². The van der Waals surface area contributed by atoms with E-state index in [0.717, 1.165) is 29.8 Å². The number of aromatic nitrogens is 1. The molecule has 40 heavy (non-hydrogen) atoms.